The molecule has 2 aromatic carbocycles. The first kappa shape index (κ1) is 19.2. The van der Waals surface area contributed by atoms with Gasteiger partial charge in [0, 0.05) is 24.3 Å². The predicted octanol–water partition coefficient (Wildman–Crippen LogP) is 6.25. The maximum Gasteiger partial charge on any atom is 0.0445 e. The van der Waals surface area contributed by atoms with Gasteiger partial charge in [0.05, 0.1) is 0 Å². The Bertz CT molecular complexity index is 458. The fourth-order valence-corrected chi connectivity index (χ4v) is 2.18. The van der Waals surface area contributed by atoms with E-state index in [-0.39, 0.29) is 0 Å². The molecule has 116 valence electrons. The highest BCUT2D eigenvalue weighted by Gasteiger charge is 2.08. The monoisotopic (exact) mass is 285 g/mol. The Kier molecular flexibility index (Phi) is 11.0. The summed E-state index contributed by atoms with van der Waals surface area (Å²) in [4.78, 5) is 2.39. The number of para-hydroxylation sites is 1. The Labute approximate surface area is 131 Å². The molecule has 0 aliphatic rings. The average Bonchev–Trinajstić information content (AvgIpc) is 2.61. The van der Waals surface area contributed by atoms with Gasteiger partial charge in [0.15, 0.2) is 0 Å². The Morgan fingerprint density at radius 1 is 0.667 bits per heavy atom. The molecule has 0 unspecified atom stereocenters. The molecule has 0 aliphatic heterocycles. The second-order valence-corrected chi connectivity index (χ2v) is 4.06. The number of benzene rings is 2. The van der Waals surface area contributed by atoms with E-state index in [1.54, 1.807) is 0 Å². The number of hydrogen-bond donors (Lipinski definition) is 0. The molecule has 0 aliphatic carbocycles. The van der Waals surface area contributed by atoms with Gasteiger partial charge in [-0.05, 0) is 25.5 Å². The summed E-state index contributed by atoms with van der Waals surface area (Å²) in [6.45, 7) is 14.5. The number of hydrogen-bond acceptors (Lipinski definition) is 1. The van der Waals surface area contributed by atoms with Crippen molar-refractivity contribution in [2.75, 3.05) is 18.0 Å². The molecule has 0 saturated carbocycles. The molecule has 0 N–H and O–H groups in total. The van der Waals surface area contributed by atoms with Gasteiger partial charge in [-0.1, -0.05) is 76.2 Å². The summed E-state index contributed by atoms with van der Waals surface area (Å²) in [5.41, 5.74) is 3.93. The van der Waals surface area contributed by atoms with Gasteiger partial charge in [-0.25, -0.2) is 0 Å². The second kappa shape index (κ2) is 12.0. The average molecular weight is 285 g/mol. The van der Waals surface area contributed by atoms with E-state index < -0.39 is 0 Å². The Hall–Kier alpha value is -1.76. The van der Waals surface area contributed by atoms with Gasteiger partial charge in [-0.2, -0.15) is 0 Å². The number of nitrogens with zero attached hydrogens (tertiary/aromatic N) is 1. The maximum absolute atomic E-state index is 2.39. The fraction of sp³-hybridized carbons (Fsp3) is 0.400. The lowest BCUT2D eigenvalue weighted by atomic mass is 10.0. The quantitative estimate of drug-likeness (QED) is 0.641. The predicted molar refractivity (Wildman–Crippen MR) is 98.1 cm³/mol. The lowest BCUT2D eigenvalue weighted by molar-refractivity contribution is 0.867. The highest BCUT2D eigenvalue weighted by atomic mass is 15.1. The van der Waals surface area contributed by atoms with E-state index in [2.05, 4.69) is 73.3 Å². The van der Waals surface area contributed by atoms with Crippen molar-refractivity contribution >= 4 is 5.69 Å². The van der Waals surface area contributed by atoms with Crippen molar-refractivity contribution in [3.8, 4) is 11.1 Å². The van der Waals surface area contributed by atoms with Crippen LogP contribution in [0.4, 0.5) is 5.69 Å². The van der Waals surface area contributed by atoms with Crippen molar-refractivity contribution in [2.45, 2.75) is 41.5 Å². The summed E-state index contributed by atoms with van der Waals surface area (Å²) in [7, 11) is 0. The Morgan fingerprint density at radius 2 is 1.14 bits per heavy atom. The summed E-state index contributed by atoms with van der Waals surface area (Å²) in [6.07, 6.45) is 0. The zero-order chi connectivity index (χ0) is 16.1. The fourth-order valence-electron chi connectivity index (χ4n) is 2.18. The first-order valence-corrected chi connectivity index (χ1v) is 8.26. The van der Waals surface area contributed by atoms with Crippen LogP contribution in [0.25, 0.3) is 11.1 Å². The van der Waals surface area contributed by atoms with Gasteiger partial charge in [0.1, 0.15) is 0 Å². The third-order valence-electron chi connectivity index (χ3n) is 3.09. The summed E-state index contributed by atoms with van der Waals surface area (Å²) in [6, 6.07) is 19.2. The Morgan fingerprint density at radius 3 is 1.67 bits per heavy atom. The van der Waals surface area contributed by atoms with Crippen LogP contribution in [0.5, 0.6) is 0 Å². The number of anilines is 1. The lowest BCUT2D eigenvalue weighted by Crippen LogP contribution is -2.22. The molecule has 1 heteroatoms. The standard InChI is InChI=1S/C16H19N.2C2H6/c1-3-17(4-2)16-13-9-8-12-15(16)14-10-6-5-7-11-14;2*1-2/h5-13H,3-4H2,1-2H3;2*1-2H3. The first-order chi connectivity index (χ1) is 10.4. The van der Waals surface area contributed by atoms with Gasteiger partial charge in [0.2, 0.25) is 0 Å². The van der Waals surface area contributed by atoms with E-state index in [1.165, 1.54) is 16.8 Å². The van der Waals surface area contributed by atoms with Gasteiger partial charge in [-0.3, -0.25) is 0 Å². The third kappa shape index (κ3) is 5.63. The molecule has 0 saturated heterocycles. The molecule has 0 amide bonds. The van der Waals surface area contributed by atoms with Crippen LogP contribution >= 0.6 is 0 Å². The van der Waals surface area contributed by atoms with Crippen molar-refractivity contribution < 1.29 is 0 Å². The van der Waals surface area contributed by atoms with Gasteiger partial charge in [0.25, 0.3) is 0 Å². The zero-order valence-corrected chi connectivity index (χ0v) is 14.6. The van der Waals surface area contributed by atoms with Crippen molar-refractivity contribution in [2.24, 2.45) is 0 Å². The summed E-state index contributed by atoms with van der Waals surface area (Å²) in [5.74, 6) is 0. The largest absolute Gasteiger partial charge is 0.372 e. The molecule has 2 aromatic rings. The van der Waals surface area contributed by atoms with Crippen LogP contribution in [0, 0.1) is 0 Å². The molecule has 1 nitrogen and oxygen atoms in total. The van der Waals surface area contributed by atoms with Crippen LogP contribution in [-0.4, -0.2) is 13.1 Å². The van der Waals surface area contributed by atoms with E-state index in [0.717, 1.165) is 13.1 Å². The van der Waals surface area contributed by atoms with E-state index in [1.807, 2.05) is 27.7 Å². The molecule has 21 heavy (non-hydrogen) atoms. The summed E-state index contributed by atoms with van der Waals surface area (Å²) >= 11 is 0. The minimum Gasteiger partial charge on any atom is -0.372 e. The topological polar surface area (TPSA) is 3.24 Å². The molecule has 2 rings (SSSR count). The molecule has 0 heterocycles. The molecule has 0 bridgehead atoms. The summed E-state index contributed by atoms with van der Waals surface area (Å²) in [5, 5.41) is 0. The van der Waals surface area contributed by atoms with E-state index >= 15 is 0 Å². The van der Waals surface area contributed by atoms with Crippen LogP contribution in [-0.2, 0) is 0 Å². The highest BCUT2D eigenvalue weighted by Crippen LogP contribution is 2.30. The SMILES string of the molecule is CC.CC.CCN(CC)c1ccccc1-c1ccccc1. The molecule has 0 radical (unpaired) electrons. The van der Waals surface area contributed by atoms with Gasteiger partial charge < -0.3 is 4.90 Å². The molecule has 0 fully saturated rings. The lowest BCUT2D eigenvalue weighted by Gasteiger charge is -2.24. The highest BCUT2D eigenvalue weighted by molar-refractivity contribution is 5.78. The minimum absolute atomic E-state index is 1.04. The van der Waals surface area contributed by atoms with Crippen LogP contribution in [0.15, 0.2) is 54.6 Å². The first-order valence-electron chi connectivity index (χ1n) is 8.26. The normalized spacial score (nSPS) is 8.86. The van der Waals surface area contributed by atoms with Crippen molar-refractivity contribution in [1.82, 2.24) is 0 Å². The van der Waals surface area contributed by atoms with Gasteiger partial charge >= 0.3 is 0 Å². The summed E-state index contributed by atoms with van der Waals surface area (Å²) < 4.78 is 0. The van der Waals surface area contributed by atoms with E-state index in [0.29, 0.717) is 0 Å². The number of rotatable bonds is 4. The van der Waals surface area contributed by atoms with Crippen molar-refractivity contribution in [1.29, 1.82) is 0 Å². The van der Waals surface area contributed by atoms with Crippen molar-refractivity contribution in [3.63, 3.8) is 0 Å². The zero-order valence-electron chi connectivity index (χ0n) is 14.6. The Balaban J connectivity index is 0.000000921. The second-order valence-electron chi connectivity index (χ2n) is 4.06. The van der Waals surface area contributed by atoms with Crippen molar-refractivity contribution in [3.05, 3.63) is 54.6 Å². The minimum atomic E-state index is 1.04. The van der Waals surface area contributed by atoms with E-state index in [4.69, 9.17) is 0 Å². The maximum atomic E-state index is 2.39. The molecule has 0 atom stereocenters. The van der Waals surface area contributed by atoms with Crippen LogP contribution in [0.1, 0.15) is 41.5 Å². The smallest absolute Gasteiger partial charge is 0.0445 e. The molecule has 0 spiro atoms. The van der Waals surface area contributed by atoms with Crippen LogP contribution in [0.2, 0.25) is 0 Å². The van der Waals surface area contributed by atoms with Crippen LogP contribution < -0.4 is 4.90 Å². The molecular formula is C20H31N. The molecular weight excluding hydrogens is 254 g/mol. The van der Waals surface area contributed by atoms with E-state index in [9.17, 15) is 0 Å². The molecule has 0 aromatic heterocycles. The third-order valence-corrected chi connectivity index (χ3v) is 3.09. The van der Waals surface area contributed by atoms with Crippen LogP contribution in [0.3, 0.4) is 0 Å². The van der Waals surface area contributed by atoms with Gasteiger partial charge in [-0.15, -0.1) is 0 Å².